The lowest BCUT2D eigenvalue weighted by Crippen LogP contribution is -2.32. The van der Waals surface area contributed by atoms with Crippen molar-refractivity contribution < 1.29 is 48.5 Å². The molecular weight excluding hydrogens is 352 g/mol. The van der Waals surface area contributed by atoms with Crippen LogP contribution >= 0.6 is 0 Å². The maximum absolute atomic E-state index is 11.8. The third kappa shape index (κ3) is 7.86. The van der Waals surface area contributed by atoms with Gasteiger partial charge in [-0.1, -0.05) is 27.7 Å². The highest BCUT2D eigenvalue weighted by Crippen LogP contribution is 2.17. The van der Waals surface area contributed by atoms with E-state index in [1.807, 2.05) is 0 Å². The number of carbonyl (C=O) groups excluding carboxylic acids is 4. The molecule has 10 heteroatoms. The first-order valence-corrected chi connectivity index (χ1v) is 7.81. The van der Waals surface area contributed by atoms with E-state index in [4.69, 9.17) is 10.2 Å². The molecule has 0 spiro atoms. The predicted molar refractivity (Wildman–Crippen MR) is 83.4 cm³/mol. The van der Waals surface area contributed by atoms with Crippen LogP contribution in [0.1, 0.15) is 40.5 Å². The van der Waals surface area contributed by atoms with E-state index in [0.29, 0.717) is 0 Å². The van der Waals surface area contributed by atoms with Gasteiger partial charge in [0.05, 0.1) is 36.5 Å². The van der Waals surface area contributed by atoms with Gasteiger partial charge < -0.3 is 19.7 Å². The fourth-order valence-electron chi connectivity index (χ4n) is 1.58. The lowest BCUT2D eigenvalue weighted by Gasteiger charge is -2.17. The molecule has 0 bridgehead atoms. The van der Waals surface area contributed by atoms with E-state index in [0.717, 1.165) is 0 Å². The molecule has 0 aliphatic heterocycles. The van der Waals surface area contributed by atoms with E-state index >= 15 is 0 Å². The van der Waals surface area contributed by atoms with Crippen LogP contribution in [0.2, 0.25) is 0 Å². The molecule has 2 N–H and O–H groups in total. The standard InChI is InChI=1S/C16H22O10/c1-7(13(19)20)5-11(17)25-15(23)9(3)10(4)16(24)26-12(18)6-8(2)14(21)22/h7-10H,5-6H2,1-4H3,(H,19,20)(H,21,22). The molecule has 4 atom stereocenters. The zero-order chi connectivity index (χ0) is 20.6. The summed E-state index contributed by atoms with van der Waals surface area (Å²) >= 11 is 0. The van der Waals surface area contributed by atoms with E-state index in [-0.39, 0.29) is 0 Å². The van der Waals surface area contributed by atoms with Crippen molar-refractivity contribution in [1.29, 1.82) is 0 Å². The lowest BCUT2D eigenvalue weighted by atomic mass is 9.96. The summed E-state index contributed by atoms with van der Waals surface area (Å²) in [5.74, 6) is -11.1. The summed E-state index contributed by atoms with van der Waals surface area (Å²) in [5, 5.41) is 17.4. The first-order valence-electron chi connectivity index (χ1n) is 7.81. The van der Waals surface area contributed by atoms with Crippen LogP contribution in [0.4, 0.5) is 0 Å². The van der Waals surface area contributed by atoms with Crippen LogP contribution < -0.4 is 0 Å². The second-order valence-corrected chi connectivity index (χ2v) is 6.05. The normalized spacial score (nSPS) is 15.1. The maximum atomic E-state index is 11.8. The van der Waals surface area contributed by atoms with Gasteiger partial charge in [0, 0.05) is 0 Å². The van der Waals surface area contributed by atoms with Gasteiger partial charge in [-0.15, -0.1) is 0 Å². The molecule has 0 saturated heterocycles. The fraction of sp³-hybridized carbons (Fsp3) is 0.625. The van der Waals surface area contributed by atoms with Gasteiger partial charge in [0.25, 0.3) is 0 Å². The minimum Gasteiger partial charge on any atom is -0.481 e. The highest BCUT2D eigenvalue weighted by molar-refractivity contribution is 5.93. The molecule has 0 aliphatic rings. The number of carboxylic acid groups (broad SMARTS) is 2. The Morgan fingerprint density at radius 2 is 0.923 bits per heavy atom. The number of ether oxygens (including phenoxy) is 2. The van der Waals surface area contributed by atoms with E-state index in [9.17, 15) is 28.8 Å². The highest BCUT2D eigenvalue weighted by Gasteiger charge is 2.32. The quantitative estimate of drug-likeness (QED) is 0.432. The second kappa shape index (κ2) is 10.3. The van der Waals surface area contributed by atoms with Crippen LogP contribution in [0.5, 0.6) is 0 Å². The van der Waals surface area contributed by atoms with Crippen molar-refractivity contribution in [3.63, 3.8) is 0 Å². The van der Waals surface area contributed by atoms with Gasteiger partial charge in [-0.2, -0.15) is 0 Å². The smallest absolute Gasteiger partial charge is 0.317 e. The summed E-state index contributed by atoms with van der Waals surface area (Å²) in [6.07, 6.45) is -1.03. The molecule has 26 heavy (non-hydrogen) atoms. The molecule has 0 heterocycles. The van der Waals surface area contributed by atoms with Crippen molar-refractivity contribution in [2.75, 3.05) is 0 Å². The Morgan fingerprint density at radius 3 is 1.15 bits per heavy atom. The largest absolute Gasteiger partial charge is 0.481 e. The minimum absolute atomic E-state index is 0.516. The van der Waals surface area contributed by atoms with Gasteiger partial charge in [0.2, 0.25) is 0 Å². The summed E-state index contributed by atoms with van der Waals surface area (Å²) in [5.41, 5.74) is 0. The van der Waals surface area contributed by atoms with Gasteiger partial charge in [-0.25, -0.2) is 0 Å². The van der Waals surface area contributed by atoms with Crippen molar-refractivity contribution in [2.45, 2.75) is 40.5 Å². The van der Waals surface area contributed by atoms with Gasteiger partial charge in [0.15, 0.2) is 0 Å². The predicted octanol–water partition coefficient (Wildman–Crippen LogP) is 0.620. The number of carbonyl (C=O) groups is 6. The Bertz CT molecular complexity index is 542. The average Bonchev–Trinajstić information content (AvgIpc) is 2.52. The van der Waals surface area contributed by atoms with Gasteiger partial charge in [0.1, 0.15) is 0 Å². The number of aliphatic carboxylic acids is 2. The lowest BCUT2D eigenvalue weighted by molar-refractivity contribution is -0.172. The molecule has 0 aromatic rings. The van der Waals surface area contributed by atoms with Crippen molar-refractivity contribution in [3.8, 4) is 0 Å². The average molecular weight is 374 g/mol. The monoisotopic (exact) mass is 374 g/mol. The van der Waals surface area contributed by atoms with Crippen molar-refractivity contribution >= 4 is 35.8 Å². The van der Waals surface area contributed by atoms with Gasteiger partial charge in [-0.3, -0.25) is 28.8 Å². The van der Waals surface area contributed by atoms with Crippen LogP contribution in [0.3, 0.4) is 0 Å². The molecular formula is C16H22O10. The molecule has 10 nitrogen and oxygen atoms in total. The summed E-state index contributed by atoms with van der Waals surface area (Å²) in [6.45, 7) is 5.07. The Morgan fingerprint density at radius 1 is 0.654 bits per heavy atom. The molecule has 0 aromatic heterocycles. The number of esters is 4. The van der Waals surface area contributed by atoms with Crippen LogP contribution in [0.25, 0.3) is 0 Å². The van der Waals surface area contributed by atoms with Crippen LogP contribution in [0, 0.1) is 23.7 Å². The fourth-order valence-corrected chi connectivity index (χ4v) is 1.58. The molecule has 0 saturated carbocycles. The number of hydrogen-bond donors (Lipinski definition) is 2. The Kier molecular flexibility index (Phi) is 9.17. The minimum atomic E-state index is -1.23. The Labute approximate surface area is 149 Å². The van der Waals surface area contributed by atoms with Gasteiger partial charge >= 0.3 is 35.8 Å². The zero-order valence-corrected chi connectivity index (χ0v) is 14.9. The molecule has 4 unspecified atom stereocenters. The van der Waals surface area contributed by atoms with Crippen LogP contribution in [-0.2, 0) is 38.2 Å². The number of rotatable bonds is 9. The van der Waals surface area contributed by atoms with E-state index in [1.165, 1.54) is 27.7 Å². The molecule has 0 aromatic carbocycles. The van der Waals surface area contributed by atoms with Crippen molar-refractivity contribution in [3.05, 3.63) is 0 Å². The van der Waals surface area contributed by atoms with E-state index < -0.39 is 72.3 Å². The van der Waals surface area contributed by atoms with E-state index in [1.54, 1.807) is 0 Å². The third-order valence-electron chi connectivity index (χ3n) is 3.71. The molecule has 0 amide bonds. The Balaban J connectivity index is 4.61. The summed E-state index contributed by atoms with van der Waals surface area (Å²) in [6, 6.07) is 0. The van der Waals surface area contributed by atoms with Gasteiger partial charge in [-0.05, 0) is 0 Å². The second-order valence-electron chi connectivity index (χ2n) is 6.05. The molecule has 0 radical (unpaired) electrons. The van der Waals surface area contributed by atoms with Crippen molar-refractivity contribution in [2.24, 2.45) is 23.7 Å². The summed E-state index contributed by atoms with van der Waals surface area (Å²) in [4.78, 5) is 68.0. The number of hydrogen-bond acceptors (Lipinski definition) is 8. The first-order chi connectivity index (χ1) is 11.9. The first kappa shape index (κ1) is 23.2. The molecule has 0 aliphatic carbocycles. The number of carboxylic acids is 2. The summed E-state index contributed by atoms with van der Waals surface area (Å²) < 4.78 is 8.99. The van der Waals surface area contributed by atoms with Crippen molar-refractivity contribution in [1.82, 2.24) is 0 Å². The maximum Gasteiger partial charge on any atom is 0.317 e. The highest BCUT2D eigenvalue weighted by atomic mass is 16.6. The summed E-state index contributed by atoms with van der Waals surface area (Å²) in [7, 11) is 0. The SMILES string of the molecule is CC(CC(=O)OC(=O)C(C)C(C)C(=O)OC(=O)CC(C)C(=O)O)C(=O)O. The zero-order valence-electron chi connectivity index (χ0n) is 14.9. The van der Waals surface area contributed by atoms with Crippen LogP contribution in [-0.4, -0.2) is 46.0 Å². The molecule has 0 rings (SSSR count). The third-order valence-corrected chi connectivity index (χ3v) is 3.71. The molecule has 0 fully saturated rings. The Hall–Kier alpha value is -2.78. The molecule has 146 valence electrons. The van der Waals surface area contributed by atoms with Crippen LogP contribution in [0.15, 0.2) is 0 Å². The van der Waals surface area contributed by atoms with E-state index in [2.05, 4.69) is 9.47 Å². The topological polar surface area (TPSA) is 161 Å².